The first kappa shape index (κ1) is 23.8. The average Bonchev–Trinajstić information content (AvgIpc) is 2.72. The van der Waals surface area contributed by atoms with E-state index in [4.69, 9.17) is 24.4 Å². The molecule has 0 saturated carbocycles. The Kier molecular flexibility index (Phi) is 8.31. The second kappa shape index (κ2) is 10.5. The number of carbonyl (C=O) groups is 1. The van der Waals surface area contributed by atoms with Gasteiger partial charge in [-0.3, -0.25) is 23.6 Å². The fourth-order valence-electron chi connectivity index (χ4n) is 3.23. The molecule has 1 fully saturated rings. The van der Waals surface area contributed by atoms with Gasteiger partial charge in [-0.2, -0.15) is 0 Å². The SMILES string of the molecule is CCN1C\C(=C/C=C/C=C/c2c(O)n(CC)c(=S)n(CC)c2=O)C(=O)N(CC)C1=S. The monoisotopic (exact) mass is 448 g/mol. The van der Waals surface area contributed by atoms with Crippen LogP contribution >= 0.6 is 24.4 Å². The van der Waals surface area contributed by atoms with E-state index in [0.717, 1.165) is 6.54 Å². The summed E-state index contributed by atoms with van der Waals surface area (Å²) in [6.45, 7) is 10.2. The van der Waals surface area contributed by atoms with Crippen molar-refractivity contribution in [3.8, 4) is 5.88 Å². The van der Waals surface area contributed by atoms with E-state index in [1.165, 1.54) is 9.13 Å². The Morgan fingerprint density at radius 2 is 1.60 bits per heavy atom. The minimum absolute atomic E-state index is 0.0886. The fourth-order valence-corrected chi connectivity index (χ4v) is 4.06. The van der Waals surface area contributed by atoms with E-state index in [1.807, 2.05) is 32.6 Å². The number of amides is 1. The van der Waals surface area contributed by atoms with Gasteiger partial charge in [0.2, 0.25) is 5.88 Å². The lowest BCUT2D eigenvalue weighted by atomic mass is 10.1. The van der Waals surface area contributed by atoms with Crippen molar-refractivity contribution in [2.24, 2.45) is 0 Å². The van der Waals surface area contributed by atoms with Gasteiger partial charge in [0.1, 0.15) is 5.56 Å². The Bertz CT molecular complexity index is 1030. The zero-order valence-corrected chi connectivity index (χ0v) is 19.4. The number of allylic oxidation sites excluding steroid dienone is 4. The molecule has 1 aliphatic heterocycles. The van der Waals surface area contributed by atoms with E-state index in [1.54, 1.807) is 35.3 Å². The molecule has 1 saturated heterocycles. The van der Waals surface area contributed by atoms with Crippen LogP contribution in [0, 0.1) is 4.77 Å². The standard InChI is InChI=1S/C21H28N4O3S2/c1-5-22-14-15(17(26)23(6-2)20(22)29)12-10-9-11-13-16-18(27)24(7-3)21(30)25(8-4)19(16)28/h9-13,27H,5-8,14H2,1-4H3/b10-9+,13-11+,15-12+. The van der Waals surface area contributed by atoms with Gasteiger partial charge in [0.25, 0.3) is 11.5 Å². The minimum Gasteiger partial charge on any atom is -0.494 e. The van der Waals surface area contributed by atoms with Crippen LogP contribution in [-0.4, -0.2) is 54.7 Å². The van der Waals surface area contributed by atoms with Gasteiger partial charge in [-0.25, -0.2) is 0 Å². The average molecular weight is 449 g/mol. The Morgan fingerprint density at radius 3 is 2.17 bits per heavy atom. The highest BCUT2D eigenvalue weighted by molar-refractivity contribution is 7.80. The van der Waals surface area contributed by atoms with Gasteiger partial charge in [-0.15, -0.1) is 0 Å². The van der Waals surface area contributed by atoms with Gasteiger partial charge in [0.05, 0.1) is 6.54 Å². The molecular weight excluding hydrogens is 420 g/mol. The highest BCUT2D eigenvalue weighted by Crippen LogP contribution is 2.17. The van der Waals surface area contributed by atoms with Crippen molar-refractivity contribution in [3.63, 3.8) is 0 Å². The molecule has 7 nitrogen and oxygen atoms in total. The summed E-state index contributed by atoms with van der Waals surface area (Å²) in [5.41, 5.74) is 0.492. The van der Waals surface area contributed by atoms with Gasteiger partial charge in [-0.1, -0.05) is 24.3 Å². The number of hydrogen-bond acceptors (Lipinski definition) is 5. The van der Waals surface area contributed by atoms with Crippen LogP contribution < -0.4 is 5.56 Å². The van der Waals surface area contributed by atoms with Gasteiger partial charge < -0.3 is 10.0 Å². The van der Waals surface area contributed by atoms with Gasteiger partial charge >= 0.3 is 0 Å². The summed E-state index contributed by atoms with van der Waals surface area (Å²) in [4.78, 5) is 28.7. The molecule has 30 heavy (non-hydrogen) atoms. The number of rotatable bonds is 7. The number of likely N-dealkylation sites (N-methyl/N-ethyl adjacent to an activating group) is 2. The summed E-state index contributed by atoms with van der Waals surface area (Å²) < 4.78 is 3.27. The van der Waals surface area contributed by atoms with Gasteiger partial charge in [0.15, 0.2) is 9.88 Å². The number of nitrogens with zero attached hydrogens (tertiary/aromatic N) is 4. The van der Waals surface area contributed by atoms with Crippen LogP contribution in [0.15, 0.2) is 34.7 Å². The highest BCUT2D eigenvalue weighted by Gasteiger charge is 2.30. The maximum Gasteiger partial charge on any atom is 0.265 e. The van der Waals surface area contributed by atoms with E-state index >= 15 is 0 Å². The van der Waals surface area contributed by atoms with Crippen molar-refractivity contribution in [2.45, 2.75) is 40.8 Å². The van der Waals surface area contributed by atoms with Crippen molar-refractivity contribution in [1.29, 1.82) is 0 Å². The number of thiocarbonyl (C=S) groups is 1. The Hall–Kier alpha value is -2.52. The maximum atomic E-state index is 12.6. The van der Waals surface area contributed by atoms with Crippen molar-refractivity contribution < 1.29 is 9.90 Å². The summed E-state index contributed by atoms with van der Waals surface area (Å²) in [6.07, 6.45) is 8.41. The lowest BCUT2D eigenvalue weighted by molar-refractivity contribution is -0.124. The maximum absolute atomic E-state index is 12.6. The zero-order valence-electron chi connectivity index (χ0n) is 17.8. The molecule has 2 rings (SSSR count). The summed E-state index contributed by atoms with van der Waals surface area (Å²) >= 11 is 10.7. The molecule has 162 valence electrons. The first-order chi connectivity index (χ1) is 14.3. The van der Waals surface area contributed by atoms with E-state index in [2.05, 4.69) is 0 Å². The van der Waals surface area contributed by atoms with Crippen LogP contribution in [-0.2, 0) is 17.9 Å². The van der Waals surface area contributed by atoms with Crippen LogP contribution in [0.4, 0.5) is 0 Å². The first-order valence-electron chi connectivity index (χ1n) is 10.0. The van der Waals surface area contributed by atoms with E-state index < -0.39 is 0 Å². The first-order valence-corrected chi connectivity index (χ1v) is 10.8. The molecule has 0 radical (unpaired) electrons. The molecule has 0 aromatic carbocycles. The predicted molar refractivity (Wildman–Crippen MR) is 126 cm³/mol. The predicted octanol–water partition coefficient (Wildman–Crippen LogP) is 3.09. The molecule has 0 aliphatic carbocycles. The van der Waals surface area contributed by atoms with E-state index in [-0.39, 0.29) is 22.9 Å². The normalized spacial score (nSPS) is 16.6. The molecule has 0 spiro atoms. The molecule has 9 heteroatoms. The van der Waals surface area contributed by atoms with Gasteiger partial charge in [-0.05, 0) is 58.2 Å². The van der Waals surface area contributed by atoms with Crippen LogP contribution in [0.5, 0.6) is 5.88 Å². The second-order valence-corrected chi connectivity index (χ2v) is 7.33. The second-order valence-electron chi connectivity index (χ2n) is 6.60. The Labute approximate surface area is 187 Å². The third-order valence-electron chi connectivity index (χ3n) is 4.93. The van der Waals surface area contributed by atoms with Crippen molar-refractivity contribution in [3.05, 3.63) is 50.6 Å². The zero-order chi connectivity index (χ0) is 22.4. The summed E-state index contributed by atoms with van der Waals surface area (Å²) in [7, 11) is 0. The summed E-state index contributed by atoms with van der Waals surface area (Å²) in [5, 5.41) is 11.0. The lowest BCUT2D eigenvalue weighted by Crippen LogP contribution is -2.53. The third kappa shape index (κ3) is 4.62. The van der Waals surface area contributed by atoms with Crippen LogP contribution in [0.3, 0.4) is 0 Å². The molecular formula is C21H28N4O3S2. The van der Waals surface area contributed by atoms with Crippen molar-refractivity contribution in [2.75, 3.05) is 19.6 Å². The number of hydrogen-bond donors (Lipinski definition) is 1. The third-order valence-corrected chi connectivity index (χ3v) is 5.85. The molecule has 1 aliphatic rings. The molecule has 0 atom stereocenters. The number of aromatic nitrogens is 2. The molecule has 2 heterocycles. The highest BCUT2D eigenvalue weighted by atomic mass is 32.1. The molecule has 1 aromatic heterocycles. The minimum atomic E-state index is -0.333. The summed E-state index contributed by atoms with van der Waals surface area (Å²) in [5.74, 6) is -0.234. The van der Waals surface area contributed by atoms with E-state index in [9.17, 15) is 14.7 Å². The molecule has 1 amide bonds. The van der Waals surface area contributed by atoms with Gasteiger partial charge in [0, 0.05) is 31.8 Å². The Balaban J connectivity index is 2.29. The number of carbonyl (C=O) groups excluding carboxylic acids is 1. The molecule has 0 unspecified atom stereocenters. The van der Waals surface area contributed by atoms with Crippen molar-refractivity contribution in [1.82, 2.24) is 18.9 Å². The quantitative estimate of drug-likeness (QED) is 0.393. The van der Waals surface area contributed by atoms with Crippen LogP contribution in [0.2, 0.25) is 0 Å². The fraction of sp³-hybridized carbons (Fsp3) is 0.429. The van der Waals surface area contributed by atoms with Crippen molar-refractivity contribution >= 4 is 41.5 Å². The molecule has 1 N–H and O–H groups in total. The molecule has 1 aromatic rings. The molecule has 0 bridgehead atoms. The van der Waals surface area contributed by atoms with E-state index in [0.29, 0.717) is 41.6 Å². The Morgan fingerprint density at radius 1 is 0.933 bits per heavy atom. The van der Waals surface area contributed by atoms with Crippen LogP contribution in [0.25, 0.3) is 6.08 Å². The smallest absolute Gasteiger partial charge is 0.265 e. The largest absolute Gasteiger partial charge is 0.494 e. The topological polar surface area (TPSA) is 70.7 Å². The van der Waals surface area contributed by atoms with Crippen LogP contribution in [0.1, 0.15) is 33.3 Å². The summed E-state index contributed by atoms with van der Waals surface area (Å²) in [6, 6.07) is 0. The number of aromatic hydroxyl groups is 1. The lowest BCUT2D eigenvalue weighted by Gasteiger charge is -2.37.